The third-order valence-corrected chi connectivity index (χ3v) is 3.71. The van der Waals surface area contributed by atoms with Crippen LogP contribution in [0.1, 0.15) is 52.4 Å². The Balaban J connectivity index is 2.60. The SMILES string of the molecule is CCCC(CCC)C(=O)N1CCC[C@@H](C(=O)O)C1. The van der Waals surface area contributed by atoms with Gasteiger partial charge in [0.2, 0.25) is 5.91 Å². The minimum Gasteiger partial charge on any atom is -0.481 e. The second-order valence-electron chi connectivity index (χ2n) is 5.24. The monoisotopic (exact) mass is 255 g/mol. The third-order valence-electron chi connectivity index (χ3n) is 3.71. The molecule has 0 spiro atoms. The van der Waals surface area contributed by atoms with E-state index in [1.807, 2.05) is 0 Å². The molecule has 0 aromatic carbocycles. The number of likely N-dealkylation sites (tertiary alicyclic amines) is 1. The topological polar surface area (TPSA) is 57.6 Å². The summed E-state index contributed by atoms with van der Waals surface area (Å²) in [5, 5.41) is 9.05. The standard InChI is InChI=1S/C14H25NO3/c1-3-6-11(7-4-2)13(16)15-9-5-8-12(10-15)14(17)18/h11-12H,3-10H2,1-2H3,(H,17,18)/t12-/m1/s1. The lowest BCUT2D eigenvalue weighted by Gasteiger charge is -2.33. The summed E-state index contributed by atoms with van der Waals surface area (Å²) in [7, 11) is 0. The number of hydrogen-bond donors (Lipinski definition) is 1. The molecular weight excluding hydrogens is 230 g/mol. The van der Waals surface area contributed by atoms with Gasteiger partial charge in [0.1, 0.15) is 0 Å². The molecule has 0 aromatic heterocycles. The highest BCUT2D eigenvalue weighted by Crippen LogP contribution is 2.22. The van der Waals surface area contributed by atoms with E-state index in [1.54, 1.807) is 4.90 Å². The molecule has 1 atom stereocenters. The van der Waals surface area contributed by atoms with Crippen LogP contribution in [0.2, 0.25) is 0 Å². The van der Waals surface area contributed by atoms with Crippen LogP contribution in [0.4, 0.5) is 0 Å². The Bertz CT molecular complexity index is 285. The first-order valence-electron chi connectivity index (χ1n) is 7.11. The Morgan fingerprint density at radius 1 is 1.28 bits per heavy atom. The molecule has 1 heterocycles. The lowest BCUT2D eigenvalue weighted by atomic mass is 9.93. The van der Waals surface area contributed by atoms with Crippen LogP contribution >= 0.6 is 0 Å². The molecule has 0 radical (unpaired) electrons. The van der Waals surface area contributed by atoms with E-state index in [0.29, 0.717) is 13.0 Å². The van der Waals surface area contributed by atoms with Gasteiger partial charge in [0, 0.05) is 19.0 Å². The van der Waals surface area contributed by atoms with Crippen LogP contribution in [-0.4, -0.2) is 35.0 Å². The minimum absolute atomic E-state index is 0.0903. The van der Waals surface area contributed by atoms with Crippen molar-refractivity contribution >= 4 is 11.9 Å². The molecule has 1 fully saturated rings. The van der Waals surface area contributed by atoms with Gasteiger partial charge in [0.05, 0.1) is 5.92 Å². The smallest absolute Gasteiger partial charge is 0.308 e. The summed E-state index contributed by atoms with van der Waals surface area (Å²) in [6.45, 7) is 5.31. The van der Waals surface area contributed by atoms with Crippen LogP contribution in [0.5, 0.6) is 0 Å². The van der Waals surface area contributed by atoms with Crippen LogP contribution in [0.15, 0.2) is 0 Å². The number of hydrogen-bond acceptors (Lipinski definition) is 2. The molecule has 1 N–H and O–H groups in total. The highest BCUT2D eigenvalue weighted by molar-refractivity contribution is 5.80. The number of rotatable bonds is 6. The number of amides is 1. The number of piperidine rings is 1. The Hall–Kier alpha value is -1.06. The largest absolute Gasteiger partial charge is 0.481 e. The first-order valence-corrected chi connectivity index (χ1v) is 7.11. The highest BCUT2D eigenvalue weighted by atomic mass is 16.4. The summed E-state index contributed by atoms with van der Waals surface area (Å²) >= 11 is 0. The van der Waals surface area contributed by atoms with Crippen molar-refractivity contribution in [3.8, 4) is 0 Å². The third kappa shape index (κ3) is 4.00. The van der Waals surface area contributed by atoms with Crippen LogP contribution in [0, 0.1) is 11.8 Å². The van der Waals surface area contributed by atoms with Crippen molar-refractivity contribution in [2.75, 3.05) is 13.1 Å². The van der Waals surface area contributed by atoms with Gasteiger partial charge in [-0.1, -0.05) is 26.7 Å². The van der Waals surface area contributed by atoms with Crippen molar-refractivity contribution in [1.82, 2.24) is 4.90 Å². The molecule has 0 bridgehead atoms. The van der Waals surface area contributed by atoms with Crippen molar-refractivity contribution in [3.63, 3.8) is 0 Å². The molecule has 4 heteroatoms. The Morgan fingerprint density at radius 2 is 1.89 bits per heavy atom. The predicted molar refractivity (Wildman–Crippen MR) is 70.2 cm³/mol. The minimum atomic E-state index is -0.768. The maximum Gasteiger partial charge on any atom is 0.308 e. The molecule has 18 heavy (non-hydrogen) atoms. The summed E-state index contributed by atoms with van der Waals surface area (Å²) in [6.07, 6.45) is 5.36. The van der Waals surface area contributed by atoms with Crippen molar-refractivity contribution in [2.24, 2.45) is 11.8 Å². The molecule has 1 aliphatic rings. The number of carboxylic acid groups (broad SMARTS) is 1. The summed E-state index contributed by atoms with van der Waals surface area (Å²) in [5.74, 6) is -0.876. The van der Waals surface area contributed by atoms with Gasteiger partial charge in [-0.3, -0.25) is 9.59 Å². The molecule has 0 saturated carbocycles. The second kappa shape index (κ2) is 7.39. The average molecular weight is 255 g/mol. The zero-order chi connectivity index (χ0) is 13.5. The summed E-state index contributed by atoms with van der Waals surface area (Å²) < 4.78 is 0. The van der Waals surface area contributed by atoms with Gasteiger partial charge in [-0.25, -0.2) is 0 Å². The van der Waals surface area contributed by atoms with Gasteiger partial charge in [-0.05, 0) is 25.7 Å². The van der Waals surface area contributed by atoms with Gasteiger partial charge in [0.15, 0.2) is 0 Å². The lowest BCUT2D eigenvalue weighted by Crippen LogP contribution is -2.44. The number of carboxylic acids is 1. The van der Waals surface area contributed by atoms with E-state index >= 15 is 0 Å². The second-order valence-corrected chi connectivity index (χ2v) is 5.24. The van der Waals surface area contributed by atoms with E-state index in [4.69, 9.17) is 5.11 Å². The molecule has 1 saturated heterocycles. The molecule has 1 rings (SSSR count). The van der Waals surface area contributed by atoms with Gasteiger partial charge in [0.25, 0.3) is 0 Å². The Morgan fingerprint density at radius 3 is 2.39 bits per heavy atom. The molecule has 1 aliphatic heterocycles. The van der Waals surface area contributed by atoms with Gasteiger partial charge >= 0.3 is 5.97 Å². The van der Waals surface area contributed by atoms with E-state index < -0.39 is 5.97 Å². The molecule has 104 valence electrons. The summed E-state index contributed by atoms with van der Waals surface area (Å²) in [5.41, 5.74) is 0. The molecule has 0 aromatic rings. The van der Waals surface area contributed by atoms with Crippen molar-refractivity contribution in [1.29, 1.82) is 0 Å². The van der Waals surface area contributed by atoms with E-state index in [-0.39, 0.29) is 17.7 Å². The van der Waals surface area contributed by atoms with Gasteiger partial charge in [-0.15, -0.1) is 0 Å². The van der Waals surface area contributed by atoms with Crippen LogP contribution < -0.4 is 0 Å². The first kappa shape index (κ1) is 15.0. The zero-order valence-corrected chi connectivity index (χ0v) is 11.5. The lowest BCUT2D eigenvalue weighted by molar-refractivity contribution is -0.147. The van der Waals surface area contributed by atoms with Crippen LogP contribution in [-0.2, 0) is 9.59 Å². The van der Waals surface area contributed by atoms with Crippen LogP contribution in [0.25, 0.3) is 0 Å². The van der Waals surface area contributed by atoms with E-state index in [0.717, 1.165) is 38.6 Å². The fourth-order valence-corrected chi connectivity index (χ4v) is 2.73. The van der Waals surface area contributed by atoms with Gasteiger partial charge < -0.3 is 10.0 Å². The predicted octanol–water partition coefficient (Wildman–Crippen LogP) is 2.53. The zero-order valence-electron chi connectivity index (χ0n) is 11.5. The highest BCUT2D eigenvalue weighted by Gasteiger charge is 2.30. The number of aliphatic carboxylic acids is 1. The van der Waals surface area contributed by atoms with Crippen molar-refractivity contribution in [3.05, 3.63) is 0 Å². The first-order chi connectivity index (χ1) is 8.60. The average Bonchev–Trinajstić information content (AvgIpc) is 2.38. The number of carbonyl (C=O) groups excluding carboxylic acids is 1. The summed E-state index contributed by atoms with van der Waals surface area (Å²) in [4.78, 5) is 25.2. The van der Waals surface area contributed by atoms with E-state index in [1.165, 1.54) is 0 Å². The fraction of sp³-hybridized carbons (Fsp3) is 0.857. The van der Waals surface area contributed by atoms with Crippen molar-refractivity contribution < 1.29 is 14.7 Å². The maximum absolute atomic E-state index is 12.4. The molecule has 1 amide bonds. The number of nitrogens with zero attached hydrogens (tertiary/aromatic N) is 1. The van der Waals surface area contributed by atoms with Crippen molar-refractivity contribution in [2.45, 2.75) is 52.4 Å². The maximum atomic E-state index is 12.4. The quantitative estimate of drug-likeness (QED) is 0.793. The Labute approximate surface area is 109 Å². The van der Waals surface area contributed by atoms with Crippen LogP contribution in [0.3, 0.4) is 0 Å². The molecule has 0 unspecified atom stereocenters. The molecule has 0 aliphatic carbocycles. The van der Waals surface area contributed by atoms with E-state index in [2.05, 4.69) is 13.8 Å². The fourth-order valence-electron chi connectivity index (χ4n) is 2.73. The molecule has 4 nitrogen and oxygen atoms in total. The molecular formula is C14H25NO3. The number of carbonyl (C=O) groups is 2. The van der Waals surface area contributed by atoms with Gasteiger partial charge in [-0.2, -0.15) is 0 Å². The van der Waals surface area contributed by atoms with E-state index in [9.17, 15) is 9.59 Å². The summed E-state index contributed by atoms with van der Waals surface area (Å²) in [6, 6.07) is 0. The Kier molecular flexibility index (Phi) is 6.16. The normalized spacial score (nSPS) is 20.2.